The topological polar surface area (TPSA) is 12.0 Å². The van der Waals surface area contributed by atoms with Gasteiger partial charge in [0, 0.05) is 12.7 Å². The van der Waals surface area contributed by atoms with E-state index < -0.39 is 0 Å². The molecule has 0 radical (unpaired) electrons. The van der Waals surface area contributed by atoms with E-state index in [9.17, 15) is 0 Å². The molecule has 0 saturated heterocycles. The summed E-state index contributed by atoms with van der Waals surface area (Å²) in [6.45, 7) is 5.54. The van der Waals surface area contributed by atoms with Crippen LogP contribution in [-0.4, -0.2) is 7.05 Å². The zero-order chi connectivity index (χ0) is 5.70. The van der Waals surface area contributed by atoms with Crippen LogP contribution in [0, 0.1) is 0 Å². The Morgan fingerprint density at radius 2 is 2.29 bits per heavy atom. The largest absolute Gasteiger partial charge is 0.388 e. The third-order valence-corrected chi connectivity index (χ3v) is 0.820. The maximum absolute atomic E-state index is 3.57. The Morgan fingerprint density at radius 3 is 2.29 bits per heavy atom. The molecule has 0 amide bonds. The SMILES string of the molecule is C=C/C(=C/C)NC. The molecule has 40 valence electrons. The van der Waals surface area contributed by atoms with Crippen molar-refractivity contribution in [3.05, 3.63) is 24.4 Å². The lowest BCUT2D eigenvalue weighted by atomic mass is 10.4. The standard InChI is InChI=1S/C6H11N/c1-4-6(5-2)7-3/h4-5,7H,1H2,2-3H3/b6-5-. The van der Waals surface area contributed by atoms with Gasteiger partial charge in [-0.1, -0.05) is 12.7 Å². The van der Waals surface area contributed by atoms with Crippen molar-refractivity contribution in [3.8, 4) is 0 Å². The van der Waals surface area contributed by atoms with Crippen molar-refractivity contribution in [2.75, 3.05) is 7.05 Å². The summed E-state index contributed by atoms with van der Waals surface area (Å²) in [7, 11) is 1.87. The molecule has 0 aromatic carbocycles. The molecule has 0 aromatic heterocycles. The first-order chi connectivity index (χ1) is 3.35. The van der Waals surface area contributed by atoms with Crippen molar-refractivity contribution in [3.63, 3.8) is 0 Å². The molecule has 0 unspecified atom stereocenters. The van der Waals surface area contributed by atoms with Gasteiger partial charge in [-0.3, -0.25) is 0 Å². The van der Waals surface area contributed by atoms with Crippen LogP contribution >= 0.6 is 0 Å². The van der Waals surface area contributed by atoms with Gasteiger partial charge in [0.2, 0.25) is 0 Å². The highest BCUT2D eigenvalue weighted by atomic mass is 14.8. The Hall–Kier alpha value is -0.720. The van der Waals surface area contributed by atoms with Crippen LogP contribution in [0.1, 0.15) is 6.92 Å². The molecule has 7 heavy (non-hydrogen) atoms. The van der Waals surface area contributed by atoms with E-state index in [2.05, 4.69) is 11.9 Å². The van der Waals surface area contributed by atoms with E-state index in [1.54, 1.807) is 6.08 Å². The molecule has 0 aliphatic rings. The molecule has 1 nitrogen and oxygen atoms in total. The molecule has 0 atom stereocenters. The molecule has 0 rings (SSSR count). The average Bonchev–Trinajstić information content (AvgIpc) is 1.72. The van der Waals surface area contributed by atoms with Crippen molar-refractivity contribution < 1.29 is 0 Å². The highest BCUT2D eigenvalue weighted by molar-refractivity contribution is 5.11. The van der Waals surface area contributed by atoms with Crippen molar-refractivity contribution in [1.82, 2.24) is 5.32 Å². The van der Waals surface area contributed by atoms with Gasteiger partial charge >= 0.3 is 0 Å². The number of hydrogen-bond donors (Lipinski definition) is 1. The van der Waals surface area contributed by atoms with Crippen LogP contribution in [0.15, 0.2) is 24.4 Å². The van der Waals surface area contributed by atoms with Crippen LogP contribution in [0.2, 0.25) is 0 Å². The average molecular weight is 97.2 g/mol. The van der Waals surface area contributed by atoms with Crippen LogP contribution in [0.3, 0.4) is 0 Å². The van der Waals surface area contributed by atoms with Gasteiger partial charge in [0.25, 0.3) is 0 Å². The maximum atomic E-state index is 3.57. The van der Waals surface area contributed by atoms with E-state index >= 15 is 0 Å². The molecule has 0 aliphatic heterocycles. The van der Waals surface area contributed by atoms with E-state index in [-0.39, 0.29) is 0 Å². The predicted octanol–water partition coefficient (Wildman–Crippen LogP) is 1.30. The molecule has 0 spiro atoms. The molecule has 0 saturated carbocycles. The van der Waals surface area contributed by atoms with Gasteiger partial charge in [-0.15, -0.1) is 0 Å². The fraction of sp³-hybridized carbons (Fsp3) is 0.333. The third kappa shape index (κ3) is 2.04. The van der Waals surface area contributed by atoms with Crippen LogP contribution in [0.25, 0.3) is 0 Å². The van der Waals surface area contributed by atoms with Gasteiger partial charge in [-0.25, -0.2) is 0 Å². The first-order valence-corrected chi connectivity index (χ1v) is 2.31. The van der Waals surface area contributed by atoms with E-state index in [1.165, 1.54) is 0 Å². The van der Waals surface area contributed by atoms with E-state index in [1.807, 2.05) is 20.0 Å². The van der Waals surface area contributed by atoms with Crippen LogP contribution < -0.4 is 5.32 Å². The lowest BCUT2D eigenvalue weighted by Crippen LogP contribution is -2.01. The van der Waals surface area contributed by atoms with Crippen LogP contribution in [0.4, 0.5) is 0 Å². The van der Waals surface area contributed by atoms with Crippen LogP contribution in [-0.2, 0) is 0 Å². The summed E-state index contributed by atoms with van der Waals surface area (Å²) in [4.78, 5) is 0. The van der Waals surface area contributed by atoms with E-state index in [0.29, 0.717) is 0 Å². The summed E-state index contributed by atoms with van der Waals surface area (Å²) in [5, 5.41) is 2.94. The first kappa shape index (κ1) is 6.28. The molecule has 0 aromatic rings. The first-order valence-electron chi connectivity index (χ1n) is 2.31. The van der Waals surface area contributed by atoms with Gasteiger partial charge in [-0.2, -0.15) is 0 Å². The zero-order valence-electron chi connectivity index (χ0n) is 4.86. The Labute approximate surface area is 44.7 Å². The second-order valence-electron chi connectivity index (χ2n) is 1.20. The molecule has 1 heteroatoms. The monoisotopic (exact) mass is 97.1 g/mol. The Balaban J connectivity index is 3.60. The Morgan fingerprint density at radius 1 is 1.71 bits per heavy atom. The van der Waals surface area contributed by atoms with Crippen molar-refractivity contribution in [2.24, 2.45) is 0 Å². The summed E-state index contributed by atoms with van der Waals surface area (Å²) < 4.78 is 0. The molecule has 0 bridgehead atoms. The van der Waals surface area contributed by atoms with Gasteiger partial charge in [0.15, 0.2) is 0 Å². The summed E-state index contributed by atoms with van der Waals surface area (Å²) >= 11 is 0. The van der Waals surface area contributed by atoms with Gasteiger partial charge in [0.05, 0.1) is 0 Å². The van der Waals surface area contributed by atoms with Gasteiger partial charge in [-0.05, 0) is 13.0 Å². The number of allylic oxidation sites excluding steroid dienone is 2. The summed E-state index contributed by atoms with van der Waals surface area (Å²) in [5.41, 5.74) is 1.07. The zero-order valence-corrected chi connectivity index (χ0v) is 4.86. The fourth-order valence-corrected chi connectivity index (χ4v) is 0.364. The minimum absolute atomic E-state index is 1.07. The summed E-state index contributed by atoms with van der Waals surface area (Å²) in [6, 6.07) is 0. The Bertz CT molecular complexity index is 82.2. The quantitative estimate of drug-likeness (QED) is 0.512. The highest BCUT2D eigenvalue weighted by Crippen LogP contribution is 1.83. The second kappa shape index (κ2) is 3.47. The lowest BCUT2D eigenvalue weighted by Gasteiger charge is -1.93. The van der Waals surface area contributed by atoms with Crippen molar-refractivity contribution in [1.29, 1.82) is 0 Å². The molecule has 0 heterocycles. The van der Waals surface area contributed by atoms with Crippen LogP contribution in [0.5, 0.6) is 0 Å². The molecule has 0 fully saturated rings. The smallest absolute Gasteiger partial charge is 0.0288 e. The maximum Gasteiger partial charge on any atom is 0.0288 e. The summed E-state index contributed by atoms with van der Waals surface area (Å²) in [6.07, 6.45) is 3.74. The summed E-state index contributed by atoms with van der Waals surface area (Å²) in [5.74, 6) is 0. The fourth-order valence-electron chi connectivity index (χ4n) is 0.364. The molecular formula is C6H11N. The van der Waals surface area contributed by atoms with E-state index in [4.69, 9.17) is 0 Å². The molecule has 1 N–H and O–H groups in total. The van der Waals surface area contributed by atoms with Gasteiger partial charge < -0.3 is 5.32 Å². The minimum Gasteiger partial charge on any atom is -0.388 e. The minimum atomic E-state index is 1.07. The number of hydrogen-bond acceptors (Lipinski definition) is 1. The van der Waals surface area contributed by atoms with Crippen molar-refractivity contribution >= 4 is 0 Å². The molecule has 0 aliphatic carbocycles. The van der Waals surface area contributed by atoms with Gasteiger partial charge in [0.1, 0.15) is 0 Å². The van der Waals surface area contributed by atoms with E-state index in [0.717, 1.165) is 5.70 Å². The number of rotatable bonds is 2. The number of nitrogens with one attached hydrogen (secondary N) is 1. The lowest BCUT2D eigenvalue weighted by molar-refractivity contribution is 1.03. The van der Waals surface area contributed by atoms with Crippen molar-refractivity contribution in [2.45, 2.75) is 6.92 Å². The molecular weight excluding hydrogens is 86.1 g/mol. The third-order valence-electron chi connectivity index (χ3n) is 0.820. The second-order valence-corrected chi connectivity index (χ2v) is 1.20. The normalized spacial score (nSPS) is 10.9. The Kier molecular flexibility index (Phi) is 3.11. The predicted molar refractivity (Wildman–Crippen MR) is 33.0 cm³/mol. The number of likely N-dealkylation sites (N-methyl/N-ethyl adjacent to an activating group) is 1. The highest BCUT2D eigenvalue weighted by Gasteiger charge is 1.74.